The first kappa shape index (κ1) is 24.5. The zero-order valence-corrected chi connectivity index (χ0v) is 21.9. The van der Waals surface area contributed by atoms with Crippen LogP contribution < -0.4 is 10.8 Å². The molecule has 6 nitrogen and oxygen atoms in total. The van der Waals surface area contributed by atoms with Crippen molar-refractivity contribution >= 4 is 24.3 Å². The first-order valence-electron chi connectivity index (χ1n) is 13.5. The molecule has 1 aliphatic rings. The van der Waals surface area contributed by atoms with Crippen molar-refractivity contribution in [1.29, 1.82) is 0 Å². The van der Waals surface area contributed by atoms with Crippen LogP contribution in [0.25, 0.3) is 11.0 Å². The average Bonchev–Trinajstić information content (AvgIpc) is 3.38. The minimum absolute atomic E-state index is 0.272. The topological polar surface area (TPSA) is 69.7 Å². The van der Waals surface area contributed by atoms with Gasteiger partial charge in [-0.25, -0.2) is 4.98 Å². The van der Waals surface area contributed by atoms with Crippen molar-refractivity contribution in [2.75, 3.05) is 0 Å². The predicted molar refractivity (Wildman–Crippen MR) is 155 cm³/mol. The Morgan fingerprint density at radius 3 is 2.58 bits per heavy atom. The predicted octanol–water partition coefficient (Wildman–Crippen LogP) is 3.98. The van der Waals surface area contributed by atoms with Gasteiger partial charge in [-0.1, -0.05) is 54.0 Å². The van der Waals surface area contributed by atoms with Crippen LogP contribution >= 0.6 is 0 Å². The van der Waals surface area contributed by atoms with E-state index in [4.69, 9.17) is 9.97 Å². The Morgan fingerprint density at radius 2 is 1.74 bits per heavy atom. The molecule has 2 aromatic carbocycles. The number of rotatable bonds is 9. The van der Waals surface area contributed by atoms with Gasteiger partial charge in [0, 0.05) is 32.0 Å². The third kappa shape index (κ3) is 5.54. The third-order valence-corrected chi connectivity index (χ3v) is 7.50. The molecular formula is C31H33BN6. The number of para-hydroxylation sites is 1. The molecule has 2 N–H and O–H groups in total. The Bertz CT molecular complexity index is 1500. The maximum absolute atomic E-state index is 4.95. The fourth-order valence-electron chi connectivity index (χ4n) is 5.54. The van der Waals surface area contributed by atoms with E-state index < -0.39 is 0 Å². The lowest BCUT2D eigenvalue weighted by atomic mass is 9.90. The Balaban J connectivity index is 1.21. The summed E-state index contributed by atoms with van der Waals surface area (Å²) in [6.45, 7) is 3.18. The monoisotopic (exact) mass is 500 g/mol. The van der Waals surface area contributed by atoms with E-state index in [1.54, 1.807) is 0 Å². The number of H-pyrrole nitrogens is 1. The van der Waals surface area contributed by atoms with E-state index in [-0.39, 0.29) is 6.04 Å². The highest BCUT2D eigenvalue weighted by molar-refractivity contribution is 6.38. The van der Waals surface area contributed by atoms with Crippen molar-refractivity contribution in [3.05, 3.63) is 119 Å². The quantitative estimate of drug-likeness (QED) is 0.300. The second kappa shape index (κ2) is 11.3. The van der Waals surface area contributed by atoms with Gasteiger partial charge >= 0.3 is 0 Å². The molecule has 0 radical (unpaired) electrons. The number of fused-ring (bicyclic) bond motifs is 2. The van der Waals surface area contributed by atoms with Crippen LogP contribution in [-0.2, 0) is 32.6 Å². The van der Waals surface area contributed by atoms with Gasteiger partial charge in [0.25, 0.3) is 0 Å². The number of aromatic amines is 1. The van der Waals surface area contributed by atoms with E-state index in [0.717, 1.165) is 61.6 Å². The summed E-state index contributed by atoms with van der Waals surface area (Å²) in [5.74, 6) is 1.01. The van der Waals surface area contributed by atoms with Crippen LogP contribution in [0, 0.1) is 0 Å². The fraction of sp³-hybridized carbons (Fsp3) is 0.258. The highest BCUT2D eigenvalue weighted by Gasteiger charge is 2.28. The molecule has 6 rings (SSSR count). The summed E-state index contributed by atoms with van der Waals surface area (Å²) in [6.07, 6.45) is 7.17. The van der Waals surface area contributed by atoms with Crippen molar-refractivity contribution in [3.63, 3.8) is 0 Å². The Hall–Kier alpha value is -3.81. The van der Waals surface area contributed by atoms with Crippen molar-refractivity contribution in [2.45, 2.75) is 51.5 Å². The summed E-state index contributed by atoms with van der Waals surface area (Å²) in [4.78, 5) is 20.3. The van der Waals surface area contributed by atoms with Crippen molar-refractivity contribution in [3.8, 4) is 0 Å². The lowest BCUT2D eigenvalue weighted by Crippen LogP contribution is -2.31. The average molecular weight is 500 g/mol. The SMILES string of the molecule is Bc1cccc2nc(CN(Cc3ccc(CNCc4ccccn4)cc3)C3CCCc4cccnc43)[nH]c12. The molecule has 1 aliphatic carbocycles. The van der Waals surface area contributed by atoms with E-state index in [0.29, 0.717) is 0 Å². The number of nitrogens with one attached hydrogen (secondary N) is 2. The lowest BCUT2D eigenvalue weighted by molar-refractivity contribution is 0.153. The second-order valence-corrected chi connectivity index (χ2v) is 10.3. The molecule has 0 spiro atoms. The Labute approximate surface area is 225 Å². The van der Waals surface area contributed by atoms with Crippen molar-refractivity contribution < 1.29 is 0 Å². The summed E-state index contributed by atoms with van der Waals surface area (Å²) in [5, 5.41) is 3.50. The molecule has 7 heteroatoms. The first-order valence-corrected chi connectivity index (χ1v) is 13.5. The largest absolute Gasteiger partial charge is 0.341 e. The first-order chi connectivity index (χ1) is 18.7. The molecular weight excluding hydrogens is 467 g/mol. The third-order valence-electron chi connectivity index (χ3n) is 7.50. The minimum Gasteiger partial charge on any atom is -0.341 e. The summed E-state index contributed by atoms with van der Waals surface area (Å²) < 4.78 is 0. The van der Waals surface area contributed by atoms with Gasteiger partial charge in [0.15, 0.2) is 0 Å². The molecule has 1 unspecified atom stereocenters. The van der Waals surface area contributed by atoms with E-state index >= 15 is 0 Å². The van der Waals surface area contributed by atoms with E-state index in [2.05, 4.69) is 82.6 Å². The number of hydrogen-bond acceptors (Lipinski definition) is 5. The Kier molecular flexibility index (Phi) is 7.29. The zero-order chi connectivity index (χ0) is 25.7. The smallest absolute Gasteiger partial charge is 0.142 e. The number of benzene rings is 2. The highest BCUT2D eigenvalue weighted by Crippen LogP contribution is 2.34. The molecule has 0 fully saturated rings. The minimum atomic E-state index is 0.272. The molecule has 1 atom stereocenters. The number of hydrogen-bond donors (Lipinski definition) is 2. The summed E-state index contributed by atoms with van der Waals surface area (Å²) in [7, 11) is 2.14. The van der Waals surface area contributed by atoms with Crippen LogP contribution in [0.15, 0.2) is 85.2 Å². The maximum Gasteiger partial charge on any atom is 0.142 e. The van der Waals surface area contributed by atoms with Gasteiger partial charge in [0.1, 0.15) is 13.7 Å². The van der Waals surface area contributed by atoms with Crippen LogP contribution in [-0.4, -0.2) is 32.7 Å². The lowest BCUT2D eigenvalue weighted by Gasteiger charge is -2.34. The van der Waals surface area contributed by atoms with Gasteiger partial charge in [-0.05, 0) is 60.2 Å². The van der Waals surface area contributed by atoms with E-state index in [9.17, 15) is 0 Å². The van der Waals surface area contributed by atoms with Gasteiger partial charge in [0.05, 0.1) is 35.0 Å². The number of pyridine rings is 2. The summed E-state index contributed by atoms with van der Waals surface area (Å²) in [5.41, 5.74) is 9.62. The van der Waals surface area contributed by atoms with Crippen LogP contribution in [0.4, 0.5) is 0 Å². The second-order valence-electron chi connectivity index (χ2n) is 10.3. The maximum atomic E-state index is 4.95. The molecule has 0 aliphatic heterocycles. The summed E-state index contributed by atoms with van der Waals surface area (Å²) >= 11 is 0. The number of aryl methyl sites for hydroxylation is 1. The molecule has 3 heterocycles. The molecule has 190 valence electrons. The Morgan fingerprint density at radius 1 is 0.868 bits per heavy atom. The molecule has 0 amide bonds. The van der Waals surface area contributed by atoms with Crippen molar-refractivity contribution in [2.24, 2.45) is 0 Å². The van der Waals surface area contributed by atoms with Gasteiger partial charge in [-0.2, -0.15) is 0 Å². The molecule has 0 saturated carbocycles. The normalized spacial score (nSPS) is 15.1. The summed E-state index contributed by atoms with van der Waals surface area (Å²) in [6, 6.07) is 25.9. The van der Waals surface area contributed by atoms with Crippen LogP contribution in [0.5, 0.6) is 0 Å². The van der Waals surface area contributed by atoms with Gasteiger partial charge in [0.2, 0.25) is 0 Å². The van der Waals surface area contributed by atoms with Gasteiger partial charge in [-0.3, -0.25) is 14.9 Å². The molecule has 3 aromatic heterocycles. The molecule has 38 heavy (non-hydrogen) atoms. The van der Waals surface area contributed by atoms with E-state index in [1.807, 2.05) is 30.6 Å². The fourth-order valence-corrected chi connectivity index (χ4v) is 5.54. The molecule has 0 bridgehead atoms. The van der Waals surface area contributed by atoms with Crippen molar-refractivity contribution in [1.82, 2.24) is 30.2 Å². The number of imidazole rings is 1. The number of nitrogens with zero attached hydrogens (tertiary/aromatic N) is 4. The van der Waals surface area contributed by atoms with Crippen LogP contribution in [0.3, 0.4) is 0 Å². The molecule has 5 aromatic rings. The van der Waals surface area contributed by atoms with Gasteiger partial charge < -0.3 is 10.3 Å². The molecule has 0 saturated heterocycles. The standard InChI is InChI=1S/C31H33BN6/c32-26-9-4-10-27-31(26)37-29(36-27)21-38(28-11-3-6-24-7-5-17-35-30(24)28)20-23-14-12-22(13-15-23)18-33-19-25-8-1-2-16-34-25/h1-2,4-5,7-10,12-17,28,33H,3,6,11,18-21,32H2,(H,36,37). The van der Waals surface area contributed by atoms with Crippen LogP contribution in [0.1, 0.15) is 52.8 Å². The van der Waals surface area contributed by atoms with Gasteiger partial charge in [-0.15, -0.1) is 0 Å². The van der Waals surface area contributed by atoms with Crippen LogP contribution in [0.2, 0.25) is 0 Å². The zero-order valence-electron chi connectivity index (χ0n) is 21.9. The highest BCUT2D eigenvalue weighted by atomic mass is 15.2. The van der Waals surface area contributed by atoms with E-state index in [1.165, 1.54) is 34.3 Å². The number of aromatic nitrogens is 4.